The number of nitro groups is 1. The Morgan fingerprint density at radius 1 is 1.07 bits per heavy atom. The molecule has 0 bridgehead atoms. The fourth-order valence-electron chi connectivity index (χ4n) is 2.41. The van der Waals surface area contributed by atoms with Crippen molar-refractivity contribution in [2.45, 2.75) is 6.54 Å². The second kappa shape index (κ2) is 8.73. The van der Waals surface area contributed by atoms with Gasteiger partial charge >= 0.3 is 5.69 Å². The second-order valence-corrected chi connectivity index (χ2v) is 6.45. The zero-order chi connectivity index (χ0) is 20.1. The molecule has 1 heterocycles. The van der Waals surface area contributed by atoms with Crippen molar-refractivity contribution in [3.05, 3.63) is 74.5 Å². The van der Waals surface area contributed by atoms with Crippen molar-refractivity contribution in [1.29, 1.82) is 0 Å². The van der Waals surface area contributed by atoms with Gasteiger partial charge in [-0.25, -0.2) is 9.97 Å². The van der Waals surface area contributed by atoms with Crippen LogP contribution in [0.25, 0.3) is 0 Å². The Hall–Kier alpha value is -3.10. The van der Waals surface area contributed by atoms with Crippen LogP contribution in [0.5, 0.6) is 5.75 Å². The van der Waals surface area contributed by atoms with Crippen molar-refractivity contribution in [3.8, 4) is 5.75 Å². The van der Waals surface area contributed by atoms with Crippen molar-refractivity contribution >= 4 is 46.2 Å². The number of halogens is 2. The topological polar surface area (TPSA) is 102 Å². The van der Waals surface area contributed by atoms with Gasteiger partial charge < -0.3 is 15.4 Å². The van der Waals surface area contributed by atoms with E-state index < -0.39 is 4.92 Å². The number of nitrogens with zero attached hydrogens (tertiary/aromatic N) is 3. The lowest BCUT2D eigenvalue weighted by molar-refractivity contribution is -0.383. The van der Waals surface area contributed by atoms with E-state index in [1.807, 2.05) is 24.3 Å². The van der Waals surface area contributed by atoms with E-state index in [4.69, 9.17) is 27.9 Å². The summed E-state index contributed by atoms with van der Waals surface area (Å²) in [6.07, 6.45) is 1.24. The van der Waals surface area contributed by atoms with Crippen molar-refractivity contribution in [3.63, 3.8) is 0 Å². The number of ether oxygens (including phenoxy) is 1. The van der Waals surface area contributed by atoms with E-state index in [1.54, 1.807) is 25.3 Å². The normalized spacial score (nSPS) is 10.4. The Morgan fingerprint density at radius 3 is 2.43 bits per heavy atom. The van der Waals surface area contributed by atoms with Crippen LogP contribution in [0.2, 0.25) is 10.0 Å². The SMILES string of the molecule is COc1ccc(CNc2ncnc(Nc3ccc(Cl)c(Cl)c3)c2[N+](=O)[O-])cc1. The minimum atomic E-state index is -0.545. The second-order valence-electron chi connectivity index (χ2n) is 5.63. The van der Waals surface area contributed by atoms with Gasteiger partial charge in [-0.3, -0.25) is 10.1 Å². The summed E-state index contributed by atoms with van der Waals surface area (Å²) in [5, 5.41) is 18.2. The molecule has 0 amide bonds. The molecule has 2 N–H and O–H groups in total. The largest absolute Gasteiger partial charge is 0.497 e. The maximum absolute atomic E-state index is 11.6. The van der Waals surface area contributed by atoms with Crippen LogP contribution in [0.3, 0.4) is 0 Å². The smallest absolute Gasteiger partial charge is 0.353 e. The predicted octanol–water partition coefficient (Wildman–Crippen LogP) is 5.06. The number of aromatic nitrogens is 2. The molecule has 0 saturated carbocycles. The molecular weight excluding hydrogens is 405 g/mol. The Labute approximate surface area is 170 Å². The Morgan fingerprint density at radius 2 is 1.79 bits per heavy atom. The number of benzene rings is 2. The summed E-state index contributed by atoms with van der Waals surface area (Å²) in [7, 11) is 1.58. The summed E-state index contributed by atoms with van der Waals surface area (Å²) < 4.78 is 5.11. The van der Waals surface area contributed by atoms with Crippen LogP contribution >= 0.6 is 23.2 Å². The summed E-state index contributed by atoms with van der Waals surface area (Å²) in [5.41, 5.74) is 1.15. The molecule has 0 unspecified atom stereocenters. The molecule has 0 aliphatic rings. The molecule has 144 valence electrons. The molecular formula is C18H15Cl2N5O3. The summed E-state index contributed by atoms with van der Waals surface area (Å²) in [4.78, 5) is 19.1. The highest BCUT2D eigenvalue weighted by Gasteiger charge is 2.23. The highest BCUT2D eigenvalue weighted by atomic mass is 35.5. The van der Waals surface area contributed by atoms with E-state index in [-0.39, 0.29) is 17.3 Å². The highest BCUT2D eigenvalue weighted by Crippen LogP contribution is 2.33. The lowest BCUT2D eigenvalue weighted by Crippen LogP contribution is -2.08. The number of anilines is 3. The number of rotatable bonds is 7. The molecule has 2 aromatic carbocycles. The van der Waals surface area contributed by atoms with Gasteiger partial charge in [0.2, 0.25) is 11.6 Å². The lowest BCUT2D eigenvalue weighted by atomic mass is 10.2. The maximum atomic E-state index is 11.6. The minimum Gasteiger partial charge on any atom is -0.497 e. The van der Waals surface area contributed by atoms with Gasteiger partial charge in [0.05, 0.1) is 22.1 Å². The number of hydrogen-bond acceptors (Lipinski definition) is 7. The third kappa shape index (κ3) is 4.59. The van der Waals surface area contributed by atoms with E-state index in [1.165, 1.54) is 6.33 Å². The van der Waals surface area contributed by atoms with Gasteiger partial charge in [-0.1, -0.05) is 35.3 Å². The molecule has 0 aliphatic carbocycles. The fourth-order valence-corrected chi connectivity index (χ4v) is 2.71. The number of methoxy groups -OCH3 is 1. The van der Waals surface area contributed by atoms with E-state index in [0.717, 1.165) is 11.3 Å². The number of nitrogens with one attached hydrogen (secondary N) is 2. The van der Waals surface area contributed by atoms with Gasteiger partial charge in [0.15, 0.2) is 0 Å². The van der Waals surface area contributed by atoms with Crippen LogP contribution in [0.15, 0.2) is 48.8 Å². The molecule has 0 fully saturated rings. The van der Waals surface area contributed by atoms with E-state index in [0.29, 0.717) is 22.3 Å². The van der Waals surface area contributed by atoms with Crippen LogP contribution in [0, 0.1) is 10.1 Å². The molecule has 10 heteroatoms. The first-order valence-electron chi connectivity index (χ1n) is 8.06. The van der Waals surface area contributed by atoms with Crippen LogP contribution < -0.4 is 15.4 Å². The first-order valence-corrected chi connectivity index (χ1v) is 8.82. The maximum Gasteiger partial charge on any atom is 0.353 e. The standard InChI is InChI=1S/C18H15Cl2N5O3/c1-28-13-5-2-11(3-6-13)9-21-17-16(25(26)27)18(23-10-22-17)24-12-4-7-14(19)15(20)8-12/h2-8,10H,9H2,1H3,(H2,21,22,23,24). The molecule has 0 spiro atoms. The van der Waals surface area contributed by atoms with Crippen LogP contribution in [-0.4, -0.2) is 22.0 Å². The van der Waals surface area contributed by atoms with Crippen molar-refractivity contribution < 1.29 is 9.66 Å². The van der Waals surface area contributed by atoms with Crippen molar-refractivity contribution in [2.75, 3.05) is 17.7 Å². The minimum absolute atomic E-state index is 0.0376. The summed E-state index contributed by atoms with van der Waals surface area (Å²) >= 11 is 11.9. The molecule has 28 heavy (non-hydrogen) atoms. The number of hydrogen-bond donors (Lipinski definition) is 2. The molecule has 0 radical (unpaired) electrons. The molecule has 8 nitrogen and oxygen atoms in total. The lowest BCUT2D eigenvalue weighted by Gasteiger charge is -2.11. The van der Waals surface area contributed by atoms with Gasteiger partial charge in [-0.05, 0) is 35.9 Å². The van der Waals surface area contributed by atoms with Crippen LogP contribution in [-0.2, 0) is 6.54 Å². The third-order valence-electron chi connectivity index (χ3n) is 3.81. The monoisotopic (exact) mass is 419 g/mol. The predicted molar refractivity (Wildman–Crippen MR) is 109 cm³/mol. The molecule has 0 atom stereocenters. The first kappa shape index (κ1) is 19.7. The zero-order valence-corrected chi connectivity index (χ0v) is 16.2. The van der Waals surface area contributed by atoms with Gasteiger partial charge in [0.25, 0.3) is 0 Å². The highest BCUT2D eigenvalue weighted by molar-refractivity contribution is 6.42. The Kier molecular flexibility index (Phi) is 6.13. The van der Waals surface area contributed by atoms with Crippen LogP contribution in [0.4, 0.5) is 23.0 Å². The molecule has 1 aromatic heterocycles. The Bertz CT molecular complexity index is 999. The average Bonchev–Trinajstić information content (AvgIpc) is 2.69. The third-order valence-corrected chi connectivity index (χ3v) is 4.55. The molecule has 3 aromatic rings. The van der Waals surface area contributed by atoms with Gasteiger partial charge in [-0.2, -0.15) is 0 Å². The van der Waals surface area contributed by atoms with Gasteiger partial charge in [-0.15, -0.1) is 0 Å². The average molecular weight is 420 g/mol. The zero-order valence-electron chi connectivity index (χ0n) is 14.6. The molecule has 0 aliphatic heterocycles. The quantitative estimate of drug-likeness (QED) is 0.407. The first-order chi connectivity index (χ1) is 13.5. The van der Waals surface area contributed by atoms with E-state index in [2.05, 4.69) is 20.6 Å². The molecule has 0 saturated heterocycles. The van der Waals surface area contributed by atoms with Crippen LogP contribution in [0.1, 0.15) is 5.56 Å². The van der Waals surface area contributed by atoms with Gasteiger partial charge in [0.1, 0.15) is 12.1 Å². The summed E-state index contributed by atoms with van der Waals surface area (Å²) in [6.45, 7) is 0.341. The fraction of sp³-hybridized carbons (Fsp3) is 0.111. The van der Waals surface area contributed by atoms with E-state index in [9.17, 15) is 10.1 Å². The van der Waals surface area contributed by atoms with Gasteiger partial charge in [0, 0.05) is 12.2 Å². The summed E-state index contributed by atoms with van der Waals surface area (Å²) in [6, 6.07) is 12.1. The molecule has 3 rings (SSSR count). The van der Waals surface area contributed by atoms with E-state index >= 15 is 0 Å². The Balaban J connectivity index is 1.84. The van der Waals surface area contributed by atoms with Crippen molar-refractivity contribution in [2.24, 2.45) is 0 Å². The summed E-state index contributed by atoms with van der Waals surface area (Å²) in [5.74, 6) is 0.860. The van der Waals surface area contributed by atoms with Crippen molar-refractivity contribution in [1.82, 2.24) is 9.97 Å².